The van der Waals surface area contributed by atoms with E-state index in [-0.39, 0.29) is 5.91 Å². The quantitative estimate of drug-likeness (QED) is 0.734. The number of ether oxygens (including phenoxy) is 2. The van der Waals surface area contributed by atoms with Crippen molar-refractivity contribution in [2.45, 2.75) is 6.42 Å². The van der Waals surface area contributed by atoms with Crippen molar-refractivity contribution in [2.24, 2.45) is 0 Å². The van der Waals surface area contributed by atoms with Crippen LogP contribution in [-0.4, -0.2) is 43.6 Å². The number of rotatable bonds is 7. The molecule has 0 aliphatic rings. The normalized spacial score (nSPS) is 10.6. The van der Waals surface area contributed by atoms with Crippen LogP contribution in [0.4, 0.5) is 0 Å². The lowest BCUT2D eigenvalue weighted by Gasteiger charge is -2.16. The highest BCUT2D eigenvalue weighted by molar-refractivity contribution is 5.91. The molecule has 0 saturated heterocycles. The molecular weight excluding hydrogens is 304 g/mol. The first-order valence-electron chi connectivity index (χ1n) is 7.69. The summed E-state index contributed by atoms with van der Waals surface area (Å²) in [5.74, 6) is 1.34. The lowest BCUT2D eigenvalue weighted by molar-refractivity contribution is -0.124. The van der Waals surface area contributed by atoms with Gasteiger partial charge in [0.15, 0.2) is 11.5 Å². The standard InChI is InChI=1S/C19H22N2O3/c1-21(19(22)10-8-16-6-4-5-12-20-16)13-11-15-7-9-17(23-2)18(14-15)24-3/h4-10,12,14H,11,13H2,1-3H3. The summed E-state index contributed by atoms with van der Waals surface area (Å²) in [6, 6.07) is 11.4. The zero-order valence-corrected chi connectivity index (χ0v) is 14.2. The summed E-state index contributed by atoms with van der Waals surface area (Å²) in [6.07, 6.45) is 5.69. The first-order chi connectivity index (χ1) is 11.6. The van der Waals surface area contributed by atoms with Gasteiger partial charge in [-0.05, 0) is 42.3 Å². The molecule has 5 nitrogen and oxygen atoms in total. The minimum absolute atomic E-state index is 0.0545. The van der Waals surface area contributed by atoms with E-state index in [9.17, 15) is 4.79 Å². The molecule has 126 valence electrons. The number of benzene rings is 1. The molecule has 0 fully saturated rings. The van der Waals surface area contributed by atoms with E-state index in [0.717, 1.165) is 17.7 Å². The molecule has 0 bridgehead atoms. The van der Waals surface area contributed by atoms with Gasteiger partial charge in [0.05, 0.1) is 19.9 Å². The van der Waals surface area contributed by atoms with Gasteiger partial charge < -0.3 is 14.4 Å². The van der Waals surface area contributed by atoms with E-state index in [2.05, 4.69) is 4.98 Å². The smallest absolute Gasteiger partial charge is 0.246 e. The maximum atomic E-state index is 12.1. The molecule has 0 aliphatic carbocycles. The molecule has 24 heavy (non-hydrogen) atoms. The van der Waals surface area contributed by atoms with Crippen LogP contribution in [0.5, 0.6) is 11.5 Å². The predicted molar refractivity (Wildman–Crippen MR) is 94.2 cm³/mol. The largest absolute Gasteiger partial charge is 0.493 e. The number of likely N-dealkylation sites (N-methyl/N-ethyl adjacent to an activating group) is 1. The second-order valence-corrected chi connectivity index (χ2v) is 5.29. The maximum absolute atomic E-state index is 12.1. The maximum Gasteiger partial charge on any atom is 0.246 e. The third-order valence-corrected chi connectivity index (χ3v) is 3.64. The summed E-state index contributed by atoms with van der Waals surface area (Å²) in [7, 11) is 5.00. The second kappa shape index (κ2) is 8.72. The fourth-order valence-electron chi connectivity index (χ4n) is 2.20. The molecule has 0 unspecified atom stereocenters. The van der Waals surface area contributed by atoms with E-state index in [4.69, 9.17) is 9.47 Å². The Kier molecular flexibility index (Phi) is 6.37. The van der Waals surface area contributed by atoms with Gasteiger partial charge in [0, 0.05) is 25.9 Å². The molecule has 0 aliphatic heterocycles. The fourth-order valence-corrected chi connectivity index (χ4v) is 2.20. The van der Waals surface area contributed by atoms with Crippen LogP contribution in [0.15, 0.2) is 48.7 Å². The Balaban J connectivity index is 1.91. The Bertz CT molecular complexity index is 699. The Hall–Kier alpha value is -2.82. The molecule has 5 heteroatoms. The van der Waals surface area contributed by atoms with Crippen molar-refractivity contribution >= 4 is 12.0 Å². The molecule has 1 aromatic heterocycles. The Morgan fingerprint density at radius 3 is 2.62 bits per heavy atom. The summed E-state index contributed by atoms with van der Waals surface area (Å²) in [5.41, 5.74) is 1.85. The molecule has 0 N–H and O–H groups in total. The summed E-state index contributed by atoms with van der Waals surface area (Å²) in [4.78, 5) is 18.0. The highest BCUT2D eigenvalue weighted by atomic mass is 16.5. The third-order valence-electron chi connectivity index (χ3n) is 3.64. The van der Waals surface area contributed by atoms with Crippen molar-refractivity contribution in [3.63, 3.8) is 0 Å². The molecule has 2 rings (SSSR count). The lowest BCUT2D eigenvalue weighted by atomic mass is 10.1. The number of hydrogen-bond donors (Lipinski definition) is 0. The SMILES string of the molecule is COc1ccc(CCN(C)C(=O)C=Cc2ccccn2)cc1OC. The average molecular weight is 326 g/mol. The van der Waals surface area contributed by atoms with Crippen LogP contribution in [0.3, 0.4) is 0 Å². The van der Waals surface area contributed by atoms with E-state index >= 15 is 0 Å². The first kappa shape index (κ1) is 17.5. The Morgan fingerprint density at radius 1 is 1.17 bits per heavy atom. The van der Waals surface area contributed by atoms with Gasteiger partial charge in [-0.1, -0.05) is 12.1 Å². The first-order valence-corrected chi connectivity index (χ1v) is 7.69. The monoisotopic (exact) mass is 326 g/mol. The number of amides is 1. The van der Waals surface area contributed by atoms with Gasteiger partial charge in [-0.15, -0.1) is 0 Å². The minimum Gasteiger partial charge on any atom is -0.493 e. The summed E-state index contributed by atoms with van der Waals surface area (Å²) < 4.78 is 10.5. The summed E-state index contributed by atoms with van der Waals surface area (Å²) >= 11 is 0. The molecule has 0 radical (unpaired) electrons. The van der Waals surface area contributed by atoms with Crippen molar-refractivity contribution in [3.05, 3.63) is 59.9 Å². The number of aromatic nitrogens is 1. The van der Waals surface area contributed by atoms with Crippen molar-refractivity contribution in [1.82, 2.24) is 9.88 Å². The molecule has 0 spiro atoms. The van der Waals surface area contributed by atoms with Crippen molar-refractivity contribution < 1.29 is 14.3 Å². The highest BCUT2D eigenvalue weighted by Crippen LogP contribution is 2.27. The third kappa shape index (κ3) is 4.84. The minimum atomic E-state index is -0.0545. The van der Waals surface area contributed by atoms with Crippen LogP contribution in [0, 0.1) is 0 Å². The lowest BCUT2D eigenvalue weighted by Crippen LogP contribution is -2.27. The van der Waals surface area contributed by atoms with Crippen LogP contribution >= 0.6 is 0 Å². The molecule has 1 aromatic carbocycles. The van der Waals surface area contributed by atoms with Crippen LogP contribution < -0.4 is 9.47 Å². The zero-order valence-electron chi connectivity index (χ0n) is 14.2. The van der Waals surface area contributed by atoms with E-state index < -0.39 is 0 Å². The number of methoxy groups -OCH3 is 2. The fraction of sp³-hybridized carbons (Fsp3) is 0.263. The van der Waals surface area contributed by atoms with Crippen molar-refractivity contribution in [3.8, 4) is 11.5 Å². The highest BCUT2D eigenvalue weighted by Gasteiger charge is 2.08. The zero-order chi connectivity index (χ0) is 17.4. The number of carbonyl (C=O) groups is 1. The van der Waals surface area contributed by atoms with Crippen molar-refractivity contribution in [2.75, 3.05) is 27.8 Å². The number of pyridine rings is 1. The Morgan fingerprint density at radius 2 is 1.96 bits per heavy atom. The van der Waals surface area contributed by atoms with E-state index in [1.54, 1.807) is 38.4 Å². The van der Waals surface area contributed by atoms with E-state index in [1.807, 2.05) is 36.4 Å². The van der Waals surface area contributed by atoms with Gasteiger partial charge >= 0.3 is 0 Å². The van der Waals surface area contributed by atoms with Gasteiger partial charge in [0.25, 0.3) is 0 Å². The second-order valence-electron chi connectivity index (χ2n) is 5.29. The average Bonchev–Trinajstić information content (AvgIpc) is 2.64. The van der Waals surface area contributed by atoms with E-state index in [0.29, 0.717) is 18.0 Å². The number of carbonyl (C=O) groups excluding carboxylic acids is 1. The molecule has 2 aromatic rings. The van der Waals surface area contributed by atoms with Gasteiger partial charge in [0.2, 0.25) is 5.91 Å². The van der Waals surface area contributed by atoms with Gasteiger partial charge in [-0.25, -0.2) is 0 Å². The molecule has 0 atom stereocenters. The molecule has 1 heterocycles. The molecule has 1 amide bonds. The summed E-state index contributed by atoms with van der Waals surface area (Å²) in [5, 5.41) is 0. The topological polar surface area (TPSA) is 51.7 Å². The van der Waals surface area contributed by atoms with Crippen LogP contribution in [0.2, 0.25) is 0 Å². The molecule has 0 saturated carbocycles. The van der Waals surface area contributed by atoms with Gasteiger partial charge in [-0.2, -0.15) is 0 Å². The van der Waals surface area contributed by atoms with Gasteiger partial charge in [-0.3, -0.25) is 9.78 Å². The van der Waals surface area contributed by atoms with E-state index in [1.165, 1.54) is 6.08 Å². The molecular formula is C19H22N2O3. The van der Waals surface area contributed by atoms with Crippen LogP contribution in [-0.2, 0) is 11.2 Å². The predicted octanol–water partition coefficient (Wildman–Crippen LogP) is 2.81. The van der Waals surface area contributed by atoms with Crippen molar-refractivity contribution in [1.29, 1.82) is 0 Å². The van der Waals surface area contributed by atoms with Gasteiger partial charge in [0.1, 0.15) is 0 Å². The summed E-state index contributed by atoms with van der Waals surface area (Å²) in [6.45, 7) is 0.612. The van der Waals surface area contributed by atoms with Crippen LogP contribution in [0.25, 0.3) is 6.08 Å². The Labute approximate surface area is 142 Å². The van der Waals surface area contributed by atoms with Crippen LogP contribution in [0.1, 0.15) is 11.3 Å². The number of hydrogen-bond acceptors (Lipinski definition) is 4. The number of nitrogens with zero attached hydrogens (tertiary/aromatic N) is 2.